The zero-order valence-electron chi connectivity index (χ0n) is 18.2. The number of alkyl halides is 3. The summed E-state index contributed by atoms with van der Waals surface area (Å²) < 4.78 is 41.5. The van der Waals surface area contributed by atoms with Crippen molar-refractivity contribution in [3.63, 3.8) is 0 Å². The van der Waals surface area contributed by atoms with Crippen LogP contribution >= 0.6 is 0 Å². The van der Waals surface area contributed by atoms with Crippen molar-refractivity contribution in [1.82, 2.24) is 19.9 Å². The van der Waals surface area contributed by atoms with Crippen LogP contribution in [0.1, 0.15) is 16.8 Å². The van der Waals surface area contributed by atoms with Crippen molar-refractivity contribution >= 4 is 0 Å². The smallest absolute Gasteiger partial charge is 0.406 e. The fraction of sp³-hybridized carbons (Fsp3) is 0.192. The summed E-state index contributed by atoms with van der Waals surface area (Å²) >= 11 is 0. The van der Waals surface area contributed by atoms with Crippen molar-refractivity contribution in [1.29, 1.82) is 0 Å². The topological polar surface area (TPSA) is 51.1 Å². The van der Waals surface area contributed by atoms with E-state index in [0.717, 1.165) is 47.7 Å². The normalized spacial score (nSPS) is 14.0. The van der Waals surface area contributed by atoms with Gasteiger partial charge in [-0.3, -0.25) is 9.88 Å². The summed E-state index contributed by atoms with van der Waals surface area (Å²) in [7, 11) is 0. The van der Waals surface area contributed by atoms with E-state index < -0.39 is 6.36 Å². The van der Waals surface area contributed by atoms with Gasteiger partial charge in [-0.05, 0) is 23.8 Å². The van der Waals surface area contributed by atoms with Crippen molar-refractivity contribution < 1.29 is 17.9 Å². The largest absolute Gasteiger partial charge is 0.573 e. The van der Waals surface area contributed by atoms with Crippen LogP contribution in [0.15, 0.2) is 79.1 Å². The third-order valence-electron chi connectivity index (χ3n) is 5.64. The van der Waals surface area contributed by atoms with E-state index in [0.29, 0.717) is 17.8 Å². The summed E-state index contributed by atoms with van der Waals surface area (Å²) in [4.78, 5) is 16.1. The molecule has 0 aliphatic carbocycles. The van der Waals surface area contributed by atoms with Gasteiger partial charge in [0.2, 0.25) is 0 Å². The molecule has 0 fully saturated rings. The van der Waals surface area contributed by atoms with Gasteiger partial charge in [0.15, 0.2) is 5.82 Å². The fourth-order valence-corrected chi connectivity index (χ4v) is 4.04. The maximum Gasteiger partial charge on any atom is 0.573 e. The zero-order chi connectivity index (χ0) is 23.5. The molecule has 8 heteroatoms. The third kappa shape index (κ3) is 5.23. The van der Waals surface area contributed by atoms with Crippen LogP contribution in [0.5, 0.6) is 5.75 Å². The fourth-order valence-electron chi connectivity index (χ4n) is 4.04. The molecule has 0 atom stereocenters. The molecule has 34 heavy (non-hydrogen) atoms. The molecule has 0 saturated heterocycles. The Morgan fingerprint density at radius 2 is 1.71 bits per heavy atom. The molecule has 0 amide bonds. The molecule has 2 aromatic heterocycles. The van der Waals surface area contributed by atoms with E-state index in [1.807, 2.05) is 48.7 Å². The van der Waals surface area contributed by atoms with Crippen molar-refractivity contribution in [2.75, 3.05) is 6.54 Å². The number of hydrogen-bond donors (Lipinski definition) is 0. The summed E-state index contributed by atoms with van der Waals surface area (Å²) in [6, 6.07) is 19.5. The summed E-state index contributed by atoms with van der Waals surface area (Å²) in [5.74, 6) is 0.484. The second-order valence-electron chi connectivity index (χ2n) is 8.12. The number of hydrogen-bond acceptors (Lipinski definition) is 5. The highest BCUT2D eigenvalue weighted by molar-refractivity contribution is 5.61. The third-order valence-corrected chi connectivity index (χ3v) is 5.64. The first kappa shape index (κ1) is 22.0. The molecule has 4 aromatic rings. The number of ether oxygens (including phenoxy) is 1. The first-order valence-electron chi connectivity index (χ1n) is 10.9. The molecule has 0 unspecified atom stereocenters. The van der Waals surface area contributed by atoms with E-state index >= 15 is 0 Å². The van der Waals surface area contributed by atoms with Crippen LogP contribution in [0.2, 0.25) is 0 Å². The van der Waals surface area contributed by atoms with Crippen LogP contribution in [0.25, 0.3) is 22.6 Å². The van der Waals surface area contributed by atoms with Crippen LogP contribution < -0.4 is 4.74 Å². The Morgan fingerprint density at radius 1 is 0.882 bits per heavy atom. The van der Waals surface area contributed by atoms with Crippen LogP contribution in [-0.4, -0.2) is 32.8 Å². The van der Waals surface area contributed by atoms with E-state index in [1.165, 1.54) is 18.2 Å². The number of aromatic nitrogens is 3. The van der Waals surface area contributed by atoms with Gasteiger partial charge < -0.3 is 4.74 Å². The van der Waals surface area contributed by atoms with E-state index in [4.69, 9.17) is 4.98 Å². The molecule has 0 bridgehead atoms. The Kier molecular flexibility index (Phi) is 5.98. The average molecular weight is 462 g/mol. The van der Waals surface area contributed by atoms with Crippen molar-refractivity contribution in [3.8, 4) is 28.4 Å². The molecule has 3 heterocycles. The van der Waals surface area contributed by atoms with Crippen LogP contribution in [-0.2, 0) is 19.5 Å². The lowest BCUT2D eigenvalue weighted by atomic mass is 10.1. The van der Waals surface area contributed by atoms with Gasteiger partial charge in [0.05, 0.1) is 11.4 Å². The average Bonchev–Trinajstić information content (AvgIpc) is 2.84. The summed E-state index contributed by atoms with van der Waals surface area (Å²) in [5.41, 5.74) is 5.39. The van der Waals surface area contributed by atoms with E-state index in [-0.39, 0.29) is 5.75 Å². The summed E-state index contributed by atoms with van der Waals surface area (Å²) in [6.07, 6.45) is -0.211. The van der Waals surface area contributed by atoms with Gasteiger partial charge in [-0.15, -0.1) is 13.2 Å². The number of rotatable bonds is 5. The Morgan fingerprint density at radius 3 is 2.47 bits per heavy atom. The zero-order valence-corrected chi connectivity index (χ0v) is 18.2. The Hall–Kier alpha value is -3.78. The molecule has 5 rings (SSSR count). The highest BCUT2D eigenvalue weighted by atomic mass is 19.4. The lowest BCUT2D eigenvalue weighted by molar-refractivity contribution is -0.274. The highest BCUT2D eigenvalue weighted by Gasteiger charge is 2.31. The molecule has 172 valence electrons. The molecule has 0 spiro atoms. The van der Waals surface area contributed by atoms with Crippen molar-refractivity contribution in [2.45, 2.75) is 25.9 Å². The molecule has 0 radical (unpaired) electrons. The Bertz CT molecular complexity index is 1280. The van der Waals surface area contributed by atoms with Crippen LogP contribution in [0, 0.1) is 0 Å². The molecule has 1 aliphatic rings. The number of halogens is 3. The first-order valence-corrected chi connectivity index (χ1v) is 10.9. The monoisotopic (exact) mass is 462 g/mol. The quantitative estimate of drug-likeness (QED) is 0.383. The van der Waals surface area contributed by atoms with Gasteiger partial charge >= 0.3 is 6.36 Å². The lowest BCUT2D eigenvalue weighted by Gasteiger charge is -2.28. The first-order chi connectivity index (χ1) is 16.4. The SMILES string of the molecule is FC(F)(F)Oc1cccc(-c2ccc(CN3CCc4nc(-c5ccccc5)ncc4C3)cn2)c1. The van der Waals surface area contributed by atoms with E-state index in [1.54, 1.807) is 12.3 Å². The van der Waals surface area contributed by atoms with Crippen LogP contribution in [0.3, 0.4) is 0 Å². The Balaban J connectivity index is 1.25. The van der Waals surface area contributed by atoms with E-state index in [9.17, 15) is 13.2 Å². The molecule has 0 N–H and O–H groups in total. The van der Waals surface area contributed by atoms with Gasteiger partial charge in [0, 0.05) is 55.1 Å². The minimum Gasteiger partial charge on any atom is -0.406 e. The number of fused-ring (bicyclic) bond motifs is 1. The number of benzene rings is 2. The maximum atomic E-state index is 12.5. The van der Waals surface area contributed by atoms with Crippen LogP contribution in [0.4, 0.5) is 13.2 Å². The molecule has 2 aromatic carbocycles. The summed E-state index contributed by atoms with van der Waals surface area (Å²) in [5, 5.41) is 0. The van der Waals surface area contributed by atoms with E-state index in [2.05, 4.69) is 19.6 Å². The molecular formula is C26H21F3N4O. The predicted molar refractivity (Wildman–Crippen MR) is 122 cm³/mol. The molecular weight excluding hydrogens is 441 g/mol. The van der Waals surface area contributed by atoms with Gasteiger partial charge in [-0.25, -0.2) is 9.97 Å². The van der Waals surface area contributed by atoms with Crippen molar-refractivity contribution in [2.24, 2.45) is 0 Å². The van der Waals surface area contributed by atoms with Gasteiger partial charge in [-0.1, -0.05) is 48.5 Å². The summed E-state index contributed by atoms with van der Waals surface area (Å²) in [6.45, 7) is 2.34. The highest BCUT2D eigenvalue weighted by Crippen LogP contribution is 2.28. The molecule has 0 saturated carbocycles. The molecule has 5 nitrogen and oxygen atoms in total. The second-order valence-corrected chi connectivity index (χ2v) is 8.12. The number of pyridine rings is 1. The number of nitrogens with zero attached hydrogens (tertiary/aromatic N) is 4. The van der Waals surface area contributed by atoms with Gasteiger partial charge in [0.25, 0.3) is 0 Å². The molecule has 1 aliphatic heterocycles. The Labute approximate surface area is 194 Å². The van der Waals surface area contributed by atoms with Gasteiger partial charge in [0.1, 0.15) is 5.75 Å². The maximum absolute atomic E-state index is 12.5. The minimum absolute atomic E-state index is 0.263. The lowest BCUT2D eigenvalue weighted by Crippen LogP contribution is -2.31. The van der Waals surface area contributed by atoms with Crippen molar-refractivity contribution in [3.05, 3.63) is 95.9 Å². The standard InChI is InChI=1S/C26H21F3N4O/c27-26(28,29)34-22-8-4-7-20(13-22)23-10-9-18(14-30-23)16-33-12-11-24-21(17-33)15-31-25(32-24)19-5-2-1-3-6-19/h1-10,13-15H,11-12,16-17H2. The van der Waals surface area contributed by atoms with Gasteiger partial charge in [-0.2, -0.15) is 0 Å². The minimum atomic E-state index is -4.73. The second kappa shape index (κ2) is 9.23. The predicted octanol–water partition coefficient (Wildman–Crippen LogP) is 5.66.